The molecule has 0 radical (unpaired) electrons. The number of aromatic hydroxyl groups is 2. The van der Waals surface area contributed by atoms with Gasteiger partial charge in [0.05, 0.1) is 27.4 Å². The number of aromatic amines is 1. The number of thioether (sulfide) groups is 1. The van der Waals surface area contributed by atoms with Crippen LogP contribution in [0.1, 0.15) is 35.7 Å². The van der Waals surface area contributed by atoms with Crippen LogP contribution in [0.4, 0.5) is 10.8 Å². The third-order valence-corrected chi connectivity index (χ3v) is 11.0. The van der Waals surface area contributed by atoms with E-state index in [1.807, 2.05) is 22.8 Å². The molecular weight excluding hydrogens is 778 g/mol. The summed E-state index contributed by atoms with van der Waals surface area (Å²) in [4.78, 5) is 63.0. The van der Waals surface area contributed by atoms with E-state index in [1.165, 1.54) is 48.0 Å². The van der Waals surface area contributed by atoms with Crippen molar-refractivity contribution in [2.45, 2.75) is 37.4 Å². The van der Waals surface area contributed by atoms with E-state index >= 15 is 0 Å². The number of halogens is 1. The third-order valence-electron chi connectivity index (χ3n) is 8.64. The first-order valence-electron chi connectivity index (χ1n) is 16.1. The average molecular weight is 807 g/mol. The fourth-order valence-corrected chi connectivity index (χ4v) is 7.89. The second-order valence-corrected chi connectivity index (χ2v) is 15.0. The van der Waals surface area contributed by atoms with Crippen molar-refractivity contribution in [3.63, 3.8) is 0 Å². The Hall–Kier alpha value is -6.32. The molecule has 19 nitrogen and oxygen atoms in total. The molecule has 0 aliphatic carbocycles. The van der Waals surface area contributed by atoms with Gasteiger partial charge in [0.25, 0.3) is 17.7 Å². The minimum atomic E-state index is -1.78. The third kappa shape index (κ3) is 6.95. The number of carboxylic acid groups (broad SMARTS) is 1. The molecule has 8 N–H and O–H groups in total. The van der Waals surface area contributed by atoms with Crippen LogP contribution >= 0.6 is 34.7 Å². The van der Waals surface area contributed by atoms with E-state index in [0.29, 0.717) is 22.5 Å². The Morgan fingerprint density at radius 1 is 1.20 bits per heavy atom. The predicted octanol–water partition coefficient (Wildman–Crippen LogP) is 2.09. The summed E-state index contributed by atoms with van der Waals surface area (Å²) in [5.41, 5.74) is 5.99. The van der Waals surface area contributed by atoms with Crippen molar-refractivity contribution in [1.82, 2.24) is 35.8 Å². The number of para-hydroxylation sites is 1. The van der Waals surface area contributed by atoms with Gasteiger partial charge in [-0.2, -0.15) is 4.57 Å². The van der Waals surface area contributed by atoms with Crippen LogP contribution in [0, 0.1) is 0 Å². The van der Waals surface area contributed by atoms with Crippen LogP contribution in [-0.4, -0.2) is 98.0 Å². The summed E-state index contributed by atoms with van der Waals surface area (Å²) in [6.45, 7) is 2.79. The molecule has 282 valence electrons. The van der Waals surface area contributed by atoms with E-state index in [0.717, 1.165) is 22.4 Å². The van der Waals surface area contributed by atoms with E-state index in [9.17, 15) is 34.5 Å². The van der Waals surface area contributed by atoms with Gasteiger partial charge in [0.1, 0.15) is 17.1 Å². The summed E-state index contributed by atoms with van der Waals surface area (Å²) in [5, 5.41) is 54.2. The lowest BCUT2D eigenvalue weighted by molar-refractivity contribution is -0.662. The first-order chi connectivity index (χ1) is 26.2. The van der Waals surface area contributed by atoms with Crippen LogP contribution in [0.15, 0.2) is 64.8 Å². The van der Waals surface area contributed by atoms with E-state index in [1.54, 1.807) is 18.3 Å². The van der Waals surface area contributed by atoms with Crippen molar-refractivity contribution in [3.8, 4) is 11.5 Å². The van der Waals surface area contributed by atoms with Gasteiger partial charge in [-0.1, -0.05) is 28.9 Å². The number of H-pyrrole nitrogens is 1. The summed E-state index contributed by atoms with van der Waals surface area (Å²) >= 11 is 8.56. The van der Waals surface area contributed by atoms with Crippen LogP contribution in [0.2, 0.25) is 5.02 Å². The molecule has 7 rings (SSSR count). The number of carbonyl (C=O) groups excluding carboxylic acids is 3. The molecule has 0 bridgehead atoms. The number of phenolic OH excluding ortho intramolecular Hbond substituents is 2. The number of hydrogen-bond acceptors (Lipinski definition) is 15. The highest BCUT2D eigenvalue weighted by Gasteiger charge is 2.54. The van der Waals surface area contributed by atoms with E-state index in [4.69, 9.17) is 22.2 Å². The summed E-state index contributed by atoms with van der Waals surface area (Å²) < 4.78 is 1.93. The van der Waals surface area contributed by atoms with Crippen LogP contribution in [0.5, 0.6) is 11.5 Å². The van der Waals surface area contributed by atoms with Crippen molar-refractivity contribution in [2.75, 3.05) is 16.8 Å². The zero-order valence-corrected chi connectivity index (χ0v) is 30.9. The SMILES string of the molecule is CC(C)(O/N=C(\C(=O)N[C@@H]1C(=O)N2C(c3nnn[nH]3)=C(C[n+]3ccc(NC(=O)c4ccc(O)c(O)c4Cl)c4ccccc43)CS[C@H]12)c1csc(N)n1)C(=O)O. The summed E-state index contributed by atoms with van der Waals surface area (Å²) in [7, 11) is 0. The molecule has 0 saturated carbocycles. The number of phenols is 2. The molecule has 1 saturated heterocycles. The van der Waals surface area contributed by atoms with Gasteiger partial charge in [-0.25, -0.2) is 14.9 Å². The number of nitrogens with two attached hydrogens (primary N) is 1. The van der Waals surface area contributed by atoms with E-state index in [2.05, 4.69) is 41.4 Å². The molecule has 0 spiro atoms. The van der Waals surface area contributed by atoms with Crippen LogP contribution in [0.3, 0.4) is 0 Å². The number of hydrogen-bond donors (Lipinski definition) is 7. The number of β-lactam (4-membered cyclic amide) rings is 1. The second-order valence-electron chi connectivity index (χ2n) is 12.6. The van der Waals surface area contributed by atoms with E-state index in [-0.39, 0.29) is 39.5 Å². The maximum absolute atomic E-state index is 13.9. The Kier molecular flexibility index (Phi) is 9.75. The quantitative estimate of drug-likeness (QED) is 0.0331. The number of aromatic nitrogens is 6. The number of anilines is 2. The predicted molar refractivity (Wildman–Crippen MR) is 199 cm³/mol. The first kappa shape index (κ1) is 37.0. The van der Waals surface area contributed by atoms with Gasteiger partial charge in [-0.05, 0) is 42.5 Å². The second kappa shape index (κ2) is 14.5. The number of amides is 3. The number of benzene rings is 2. The maximum atomic E-state index is 13.9. The maximum Gasteiger partial charge on any atom is 0.350 e. The highest BCUT2D eigenvalue weighted by atomic mass is 35.5. The molecule has 3 aromatic heterocycles. The number of oxime groups is 1. The van der Waals surface area contributed by atoms with Crippen LogP contribution in [0.25, 0.3) is 16.6 Å². The summed E-state index contributed by atoms with van der Waals surface area (Å²) in [5.74, 6) is -3.67. The lowest BCUT2D eigenvalue weighted by atomic mass is 10.0. The van der Waals surface area contributed by atoms with Gasteiger partial charge in [0.15, 0.2) is 40.9 Å². The lowest BCUT2D eigenvalue weighted by Gasteiger charge is -2.49. The van der Waals surface area contributed by atoms with Gasteiger partial charge >= 0.3 is 5.97 Å². The number of nitrogen functional groups attached to an aromatic ring is 1. The van der Waals surface area contributed by atoms with Gasteiger partial charge in [-0.15, -0.1) is 28.2 Å². The molecule has 2 aliphatic rings. The smallest absolute Gasteiger partial charge is 0.350 e. The number of nitrogens with zero attached hydrogens (tertiary/aromatic N) is 7. The van der Waals surface area contributed by atoms with Crippen molar-refractivity contribution in [1.29, 1.82) is 0 Å². The largest absolute Gasteiger partial charge is 0.504 e. The Labute approximate surface area is 322 Å². The molecule has 5 heterocycles. The van der Waals surface area contributed by atoms with Gasteiger partial charge in [0, 0.05) is 28.8 Å². The minimum Gasteiger partial charge on any atom is -0.504 e. The number of rotatable bonds is 11. The number of aliphatic carboxylic acids is 1. The number of carboxylic acids is 1. The lowest BCUT2D eigenvalue weighted by Crippen LogP contribution is -2.70. The number of pyridine rings is 1. The Bertz CT molecular complexity index is 2450. The zero-order chi connectivity index (χ0) is 39.2. The van der Waals surface area contributed by atoms with Crippen LogP contribution in [-0.2, 0) is 25.8 Å². The molecule has 2 aliphatic heterocycles. The van der Waals surface area contributed by atoms with Crippen molar-refractivity contribution in [2.24, 2.45) is 5.16 Å². The molecular formula is C33H29ClN11O8S2+. The van der Waals surface area contributed by atoms with Crippen molar-refractivity contribution in [3.05, 3.63) is 81.7 Å². The van der Waals surface area contributed by atoms with Crippen molar-refractivity contribution >= 4 is 91.5 Å². The van der Waals surface area contributed by atoms with Gasteiger partial charge in [-0.3, -0.25) is 19.3 Å². The average Bonchev–Trinajstić information content (AvgIpc) is 3.86. The molecule has 22 heteroatoms. The molecule has 1 fully saturated rings. The number of tetrazole rings is 1. The molecule has 5 aromatic rings. The standard InChI is InChI=1S/C33H28ClN11O8S2/c1-33(2,31(51)52)53-41-22(18-13-55-32(35)37-18)28(49)38-23-29(50)45-24(26-39-42-43-40-26)14(12-54-30(23)45)11-44-10-9-17(15-5-3-4-6-19(15)44)36-27(48)16-7-8-20(46)25(47)21(16)34/h3-10,13,23,30H,11-12H2,1-2H3,(H7,35,37,38,39,40,41,42,43,46,47,48,49,51,52)/p+1/t23-,30-/m1/s1. The highest BCUT2D eigenvalue weighted by molar-refractivity contribution is 8.00. The minimum absolute atomic E-state index is 0.0370. The molecule has 0 unspecified atom stereocenters. The molecule has 3 amide bonds. The number of nitrogens with one attached hydrogen (secondary N) is 3. The van der Waals surface area contributed by atoms with Gasteiger partial charge < -0.3 is 36.5 Å². The number of fused-ring (bicyclic) bond motifs is 2. The number of carbonyl (C=O) groups is 4. The van der Waals surface area contributed by atoms with Gasteiger partial charge in [0.2, 0.25) is 11.1 Å². The Morgan fingerprint density at radius 2 is 1.98 bits per heavy atom. The fourth-order valence-electron chi connectivity index (χ4n) is 5.76. The molecule has 55 heavy (non-hydrogen) atoms. The number of thiazole rings is 1. The van der Waals surface area contributed by atoms with Crippen molar-refractivity contribution < 1.29 is 43.9 Å². The van der Waals surface area contributed by atoms with Crippen LogP contribution < -0.4 is 20.9 Å². The Morgan fingerprint density at radius 3 is 2.69 bits per heavy atom. The monoisotopic (exact) mass is 806 g/mol. The van der Waals surface area contributed by atoms with E-state index < -0.39 is 52.2 Å². The Balaban J connectivity index is 1.16. The molecule has 2 aromatic carbocycles. The molecule has 2 atom stereocenters. The first-order valence-corrected chi connectivity index (χ1v) is 18.4. The fraction of sp³-hybridized carbons (Fsp3) is 0.212. The topological polar surface area (TPSA) is 275 Å². The zero-order valence-electron chi connectivity index (χ0n) is 28.6. The summed E-state index contributed by atoms with van der Waals surface area (Å²) in [6, 6.07) is 10.5. The normalized spacial score (nSPS) is 17.1. The highest BCUT2D eigenvalue weighted by Crippen LogP contribution is 2.43. The summed E-state index contributed by atoms with van der Waals surface area (Å²) in [6.07, 6.45) is 1.76.